The average Bonchev–Trinajstić information content (AvgIpc) is 2.44. The van der Waals surface area contributed by atoms with Gasteiger partial charge >= 0.3 is 0 Å². The summed E-state index contributed by atoms with van der Waals surface area (Å²) in [4.78, 5) is 0. The number of hydrogen-bond acceptors (Lipinski definition) is 4. The van der Waals surface area contributed by atoms with Gasteiger partial charge in [-0.1, -0.05) is 38.1 Å². The third kappa shape index (κ3) is 4.62. The first-order valence-electron chi connectivity index (χ1n) is 6.07. The zero-order chi connectivity index (χ0) is 16.2. The number of alkyl halides is 1. The number of nitriles is 2. The molecule has 4 nitrogen and oxygen atoms in total. The summed E-state index contributed by atoms with van der Waals surface area (Å²) in [5.74, 6) is 0.315. The minimum Gasteiger partial charge on any atom is -0.463 e. The Morgan fingerprint density at radius 2 is 1.95 bits per heavy atom. The van der Waals surface area contributed by atoms with Crippen LogP contribution in [0.15, 0.2) is 0 Å². The van der Waals surface area contributed by atoms with E-state index in [9.17, 15) is 15.6 Å². The molecule has 0 aliphatic rings. The highest BCUT2D eigenvalue weighted by Gasteiger charge is 2.24. The molecule has 1 N–H and O–H groups in total. The maximum absolute atomic E-state index is 9.74. The number of rotatable bonds is 5. The molecule has 8 heteroatoms. The molecule has 0 aliphatic carbocycles. The van der Waals surface area contributed by atoms with E-state index >= 15 is 0 Å². The van der Waals surface area contributed by atoms with Crippen molar-refractivity contribution in [3.05, 3.63) is 14.7 Å². The van der Waals surface area contributed by atoms with Gasteiger partial charge in [-0.05, 0) is 34.8 Å². The SMILES string of the molecule is CCC(O)Oc1c(I)c(C#N)c(P)c(PC(C)I)c1C#N. The van der Waals surface area contributed by atoms with Gasteiger partial charge in [-0.15, -0.1) is 9.24 Å². The third-order valence-corrected chi connectivity index (χ3v) is 6.64. The minimum atomic E-state index is -0.985. The van der Waals surface area contributed by atoms with Crippen LogP contribution in [0.1, 0.15) is 31.4 Å². The van der Waals surface area contributed by atoms with Gasteiger partial charge in [-0.3, -0.25) is 0 Å². The zero-order valence-corrected chi connectivity index (χ0v) is 17.9. The van der Waals surface area contributed by atoms with E-state index in [1.807, 2.05) is 22.6 Å². The molecule has 0 fully saturated rings. The van der Waals surface area contributed by atoms with Crippen molar-refractivity contribution in [2.24, 2.45) is 0 Å². The van der Waals surface area contributed by atoms with Crippen LogP contribution >= 0.6 is 63.0 Å². The number of hydrogen-bond donors (Lipinski definition) is 1. The summed E-state index contributed by atoms with van der Waals surface area (Å²) in [7, 11) is 2.95. The largest absolute Gasteiger partial charge is 0.463 e. The van der Waals surface area contributed by atoms with Crippen molar-refractivity contribution >= 4 is 73.6 Å². The molecule has 0 radical (unpaired) electrons. The lowest BCUT2D eigenvalue weighted by Gasteiger charge is -2.20. The molecule has 0 heterocycles. The van der Waals surface area contributed by atoms with E-state index < -0.39 is 6.29 Å². The van der Waals surface area contributed by atoms with Gasteiger partial charge in [0, 0.05) is 15.4 Å². The smallest absolute Gasteiger partial charge is 0.197 e. The van der Waals surface area contributed by atoms with E-state index in [-0.39, 0.29) is 0 Å². The number of nitrogens with zero attached hydrogens (tertiary/aromatic N) is 2. The Morgan fingerprint density at radius 3 is 2.38 bits per heavy atom. The number of halogens is 2. The van der Waals surface area contributed by atoms with Crippen LogP contribution in [0.4, 0.5) is 0 Å². The standard InChI is InChI=1S/C13H14I2N2O2P2/c1-3-9(18)19-11-8(5-17)13(21-6(2)14)12(20)7(4-16)10(11)15/h6,9,18,21H,3,20H2,1-2H3. The van der Waals surface area contributed by atoms with Crippen molar-refractivity contribution < 1.29 is 9.84 Å². The normalized spacial score (nSPS) is 13.7. The Balaban J connectivity index is 3.62. The molecule has 0 aliphatic heterocycles. The topological polar surface area (TPSA) is 77.0 Å². The Kier molecular flexibility index (Phi) is 8.09. The number of aliphatic hydroxyl groups is 1. The summed E-state index contributed by atoms with van der Waals surface area (Å²) < 4.78 is 6.41. The van der Waals surface area contributed by atoms with Crippen LogP contribution in [-0.2, 0) is 0 Å². The molecule has 0 bridgehead atoms. The maximum Gasteiger partial charge on any atom is 0.197 e. The molecule has 0 saturated heterocycles. The minimum absolute atomic E-state index is 0.315. The first kappa shape index (κ1) is 19.3. The Bertz CT molecular complexity index is 624. The van der Waals surface area contributed by atoms with Crippen LogP contribution in [-0.4, -0.2) is 15.1 Å². The maximum atomic E-state index is 9.74. The van der Waals surface area contributed by atoms with Crippen molar-refractivity contribution in [3.8, 4) is 17.9 Å². The fourth-order valence-corrected chi connectivity index (χ4v) is 5.24. The lowest BCUT2D eigenvalue weighted by Crippen LogP contribution is -2.26. The Labute approximate surface area is 155 Å². The van der Waals surface area contributed by atoms with Gasteiger partial charge in [0.25, 0.3) is 0 Å². The van der Waals surface area contributed by atoms with Gasteiger partial charge < -0.3 is 9.84 Å². The molecule has 0 amide bonds. The average molecular weight is 546 g/mol. The summed E-state index contributed by atoms with van der Waals surface area (Å²) in [6, 6.07) is 4.33. The molecule has 1 aromatic carbocycles. The van der Waals surface area contributed by atoms with Crippen LogP contribution < -0.4 is 15.3 Å². The summed E-state index contributed by atoms with van der Waals surface area (Å²) >= 11 is 4.29. The van der Waals surface area contributed by atoms with Crippen molar-refractivity contribution in [3.63, 3.8) is 0 Å². The summed E-state index contributed by atoms with van der Waals surface area (Å²) in [5, 5.41) is 30.2. The Hall–Kier alpha value is 0.280. The van der Waals surface area contributed by atoms with Gasteiger partial charge in [0.05, 0.1) is 9.13 Å². The summed E-state index contributed by atoms with van der Waals surface area (Å²) in [5.41, 5.74) is 0.898. The monoisotopic (exact) mass is 546 g/mol. The van der Waals surface area contributed by atoms with E-state index in [4.69, 9.17) is 4.74 Å². The van der Waals surface area contributed by atoms with Gasteiger partial charge in [-0.25, -0.2) is 0 Å². The molecular formula is C13H14I2N2O2P2. The second kappa shape index (κ2) is 8.79. The van der Waals surface area contributed by atoms with Gasteiger partial charge in [0.15, 0.2) is 12.0 Å². The zero-order valence-electron chi connectivity index (χ0n) is 11.4. The molecular weight excluding hydrogens is 532 g/mol. The van der Waals surface area contributed by atoms with E-state index in [0.29, 0.717) is 39.1 Å². The van der Waals surface area contributed by atoms with E-state index in [2.05, 4.69) is 50.9 Å². The van der Waals surface area contributed by atoms with Crippen LogP contribution in [0, 0.1) is 26.2 Å². The van der Waals surface area contributed by atoms with Crippen molar-refractivity contribution in [2.45, 2.75) is 30.2 Å². The van der Waals surface area contributed by atoms with Crippen LogP contribution in [0.2, 0.25) is 0 Å². The number of benzene rings is 1. The number of ether oxygens (including phenoxy) is 1. The first-order chi connectivity index (χ1) is 9.87. The van der Waals surface area contributed by atoms with Gasteiger partial charge in [0.2, 0.25) is 0 Å². The number of aliphatic hydroxyl groups excluding tert-OH is 1. The summed E-state index contributed by atoms with van der Waals surface area (Å²) in [6.07, 6.45) is -0.577. The predicted molar refractivity (Wildman–Crippen MR) is 106 cm³/mol. The van der Waals surface area contributed by atoms with Crippen molar-refractivity contribution in [1.82, 2.24) is 0 Å². The molecule has 4 atom stereocenters. The Morgan fingerprint density at radius 1 is 1.38 bits per heavy atom. The van der Waals surface area contributed by atoms with Crippen LogP contribution in [0.25, 0.3) is 0 Å². The molecule has 4 unspecified atom stereocenters. The molecule has 0 saturated carbocycles. The molecule has 0 aromatic heterocycles. The van der Waals surface area contributed by atoms with Crippen LogP contribution in [0.5, 0.6) is 5.75 Å². The van der Waals surface area contributed by atoms with Crippen molar-refractivity contribution in [1.29, 1.82) is 10.5 Å². The first-order valence-corrected chi connectivity index (χ1v) is 10.1. The summed E-state index contributed by atoms with van der Waals surface area (Å²) in [6.45, 7) is 3.84. The molecule has 112 valence electrons. The second-order valence-electron chi connectivity index (χ2n) is 4.15. The van der Waals surface area contributed by atoms with Crippen LogP contribution in [0.3, 0.4) is 0 Å². The van der Waals surface area contributed by atoms with E-state index in [1.54, 1.807) is 6.92 Å². The van der Waals surface area contributed by atoms with Crippen molar-refractivity contribution in [2.75, 3.05) is 0 Å². The quantitative estimate of drug-likeness (QED) is 0.267. The fraction of sp³-hybridized carbons (Fsp3) is 0.385. The second-order valence-corrected chi connectivity index (χ2v) is 10.5. The lowest BCUT2D eigenvalue weighted by atomic mass is 10.1. The van der Waals surface area contributed by atoms with Gasteiger partial charge in [0.1, 0.15) is 17.7 Å². The molecule has 21 heavy (non-hydrogen) atoms. The highest BCUT2D eigenvalue weighted by molar-refractivity contribution is 14.1. The van der Waals surface area contributed by atoms with E-state index in [0.717, 1.165) is 10.6 Å². The third-order valence-electron chi connectivity index (χ3n) is 2.60. The predicted octanol–water partition coefficient (Wildman–Crippen LogP) is 2.73. The highest BCUT2D eigenvalue weighted by Crippen LogP contribution is 2.34. The van der Waals surface area contributed by atoms with Gasteiger partial charge in [-0.2, -0.15) is 10.5 Å². The highest BCUT2D eigenvalue weighted by atomic mass is 127. The molecule has 0 spiro atoms. The van der Waals surface area contributed by atoms with E-state index in [1.165, 1.54) is 0 Å². The molecule has 1 rings (SSSR count). The molecule has 1 aromatic rings. The fourth-order valence-electron chi connectivity index (χ4n) is 1.61. The lowest BCUT2D eigenvalue weighted by molar-refractivity contribution is -0.0198.